The maximum Gasteiger partial charge on any atom is 0.129 e. The zero-order valence-corrected chi connectivity index (χ0v) is 14.8. The number of pyridine rings is 1. The van der Waals surface area contributed by atoms with Gasteiger partial charge in [-0.3, -0.25) is 5.10 Å². The molecule has 1 N–H and O–H groups in total. The fourth-order valence-corrected chi connectivity index (χ4v) is 4.11. The molecule has 1 aromatic carbocycles. The highest BCUT2D eigenvalue weighted by molar-refractivity contribution is 9.10. The number of benzene rings is 1. The van der Waals surface area contributed by atoms with Crippen LogP contribution in [0.5, 0.6) is 0 Å². The maximum absolute atomic E-state index is 6.34. The molecule has 0 radical (unpaired) electrons. The van der Waals surface area contributed by atoms with Gasteiger partial charge >= 0.3 is 0 Å². The Balaban J connectivity index is 1.56. The Labute approximate surface area is 148 Å². The molecule has 0 amide bonds. The van der Waals surface area contributed by atoms with Crippen molar-refractivity contribution >= 4 is 44.3 Å². The number of H-pyrrole nitrogens is 1. The van der Waals surface area contributed by atoms with Crippen LogP contribution in [0.4, 0.5) is 5.82 Å². The van der Waals surface area contributed by atoms with Crippen LogP contribution in [0.3, 0.4) is 0 Å². The van der Waals surface area contributed by atoms with E-state index in [2.05, 4.69) is 49.2 Å². The van der Waals surface area contributed by atoms with Gasteiger partial charge in [0, 0.05) is 40.8 Å². The number of hydrogen-bond donors (Lipinski definition) is 1. The molecule has 23 heavy (non-hydrogen) atoms. The van der Waals surface area contributed by atoms with E-state index in [1.54, 1.807) is 0 Å². The number of rotatable bonds is 2. The van der Waals surface area contributed by atoms with E-state index in [0.717, 1.165) is 47.1 Å². The minimum atomic E-state index is 0.564. The van der Waals surface area contributed by atoms with Crippen molar-refractivity contribution < 1.29 is 0 Å². The van der Waals surface area contributed by atoms with Gasteiger partial charge in [-0.2, -0.15) is 5.10 Å². The van der Waals surface area contributed by atoms with Crippen LogP contribution in [-0.2, 0) is 0 Å². The van der Waals surface area contributed by atoms with Crippen molar-refractivity contribution in [1.82, 2.24) is 15.2 Å². The van der Waals surface area contributed by atoms with Crippen molar-refractivity contribution in [3.63, 3.8) is 0 Å². The number of halogens is 2. The third-order valence-corrected chi connectivity index (χ3v) is 5.22. The van der Waals surface area contributed by atoms with Crippen LogP contribution in [0.25, 0.3) is 10.9 Å². The first-order valence-corrected chi connectivity index (χ1v) is 8.88. The average Bonchev–Trinajstić information content (AvgIpc) is 3.09. The lowest BCUT2D eigenvalue weighted by molar-refractivity contribution is 0.493. The minimum Gasteiger partial charge on any atom is -0.357 e. The Bertz CT molecular complexity index is 826. The second-order valence-corrected chi connectivity index (χ2v) is 7.22. The van der Waals surface area contributed by atoms with Gasteiger partial charge in [-0.05, 0) is 43.2 Å². The number of aromatic nitrogens is 3. The Morgan fingerprint density at radius 3 is 2.74 bits per heavy atom. The summed E-state index contributed by atoms with van der Waals surface area (Å²) in [5.41, 5.74) is 2.10. The molecule has 0 aliphatic carbocycles. The van der Waals surface area contributed by atoms with Crippen LogP contribution < -0.4 is 4.90 Å². The lowest BCUT2D eigenvalue weighted by Gasteiger charge is -2.32. The van der Waals surface area contributed by atoms with Crippen LogP contribution in [0.15, 0.2) is 41.0 Å². The number of nitrogens with one attached hydrogen (secondary N) is 1. The largest absolute Gasteiger partial charge is 0.357 e. The van der Waals surface area contributed by atoms with Crippen molar-refractivity contribution in [2.24, 2.45) is 0 Å². The Kier molecular flexibility index (Phi) is 3.99. The first kappa shape index (κ1) is 15.0. The molecule has 1 aliphatic rings. The molecule has 3 heterocycles. The van der Waals surface area contributed by atoms with Gasteiger partial charge < -0.3 is 4.90 Å². The number of hydrogen-bond acceptors (Lipinski definition) is 3. The van der Waals surface area contributed by atoms with Gasteiger partial charge in [0.25, 0.3) is 0 Å². The fourth-order valence-electron chi connectivity index (χ4n) is 3.24. The number of piperidine rings is 1. The smallest absolute Gasteiger partial charge is 0.129 e. The average molecular weight is 392 g/mol. The van der Waals surface area contributed by atoms with Crippen molar-refractivity contribution in [1.29, 1.82) is 0 Å². The first-order chi connectivity index (χ1) is 11.2. The monoisotopic (exact) mass is 390 g/mol. The molecule has 4 nitrogen and oxygen atoms in total. The normalized spacial score (nSPS) is 16.2. The maximum atomic E-state index is 6.34. The second-order valence-electron chi connectivity index (χ2n) is 5.90. The molecule has 3 aromatic rings. The lowest BCUT2D eigenvalue weighted by atomic mass is 9.94. The minimum absolute atomic E-state index is 0.564. The van der Waals surface area contributed by atoms with Crippen molar-refractivity contribution in [2.45, 2.75) is 18.8 Å². The highest BCUT2D eigenvalue weighted by Gasteiger charge is 2.22. The number of fused-ring (bicyclic) bond motifs is 1. The molecule has 0 unspecified atom stereocenters. The van der Waals surface area contributed by atoms with E-state index in [0.29, 0.717) is 10.9 Å². The molecule has 0 saturated carbocycles. The summed E-state index contributed by atoms with van der Waals surface area (Å²) in [5.74, 6) is 1.57. The Hall–Kier alpha value is -1.59. The Morgan fingerprint density at radius 1 is 1.17 bits per heavy atom. The molecular weight excluding hydrogens is 376 g/mol. The number of nitrogens with zero attached hydrogens (tertiary/aromatic N) is 3. The van der Waals surface area contributed by atoms with Gasteiger partial charge in [0.1, 0.15) is 5.82 Å². The van der Waals surface area contributed by atoms with Crippen LogP contribution in [-0.4, -0.2) is 28.3 Å². The molecular formula is C17H16BrClN4. The summed E-state index contributed by atoms with van der Waals surface area (Å²) < 4.78 is 0.977. The van der Waals surface area contributed by atoms with Crippen molar-refractivity contribution in [3.8, 4) is 0 Å². The highest BCUT2D eigenvalue weighted by Crippen LogP contribution is 2.31. The summed E-state index contributed by atoms with van der Waals surface area (Å²) in [6.45, 7) is 1.99. The van der Waals surface area contributed by atoms with Crippen molar-refractivity contribution in [3.05, 3.63) is 51.7 Å². The van der Waals surface area contributed by atoms with E-state index in [1.807, 2.05) is 18.3 Å². The van der Waals surface area contributed by atoms with Gasteiger partial charge in [0.05, 0.1) is 10.5 Å². The summed E-state index contributed by atoms with van der Waals surface area (Å²) in [5, 5.41) is 8.89. The first-order valence-electron chi connectivity index (χ1n) is 7.71. The van der Waals surface area contributed by atoms with E-state index >= 15 is 0 Å². The Morgan fingerprint density at radius 2 is 2.00 bits per heavy atom. The predicted octanol–water partition coefficient (Wildman–Crippen LogP) is 4.76. The standard InChI is InChI=1S/C17H16BrClN4/c18-13-9-12-1-2-16(21-17(12)14(19)10-13)23-7-4-11(5-8-23)15-3-6-20-22-15/h1-3,6,9-11H,4-5,7-8H2,(H,20,22). The molecule has 0 bridgehead atoms. The summed E-state index contributed by atoms with van der Waals surface area (Å²) in [6.07, 6.45) is 4.04. The zero-order chi connectivity index (χ0) is 15.8. The highest BCUT2D eigenvalue weighted by atomic mass is 79.9. The predicted molar refractivity (Wildman–Crippen MR) is 97.2 cm³/mol. The second kappa shape index (κ2) is 6.13. The van der Waals surface area contributed by atoms with E-state index < -0.39 is 0 Å². The molecule has 1 fully saturated rings. The third-order valence-electron chi connectivity index (χ3n) is 4.48. The van der Waals surface area contributed by atoms with Crippen LogP contribution in [0, 0.1) is 0 Å². The quantitative estimate of drug-likeness (QED) is 0.685. The van der Waals surface area contributed by atoms with E-state index in [-0.39, 0.29) is 0 Å². The number of anilines is 1. The number of aromatic amines is 1. The van der Waals surface area contributed by atoms with Gasteiger partial charge in [-0.1, -0.05) is 27.5 Å². The molecule has 0 atom stereocenters. The zero-order valence-electron chi connectivity index (χ0n) is 12.5. The van der Waals surface area contributed by atoms with Gasteiger partial charge in [-0.25, -0.2) is 4.98 Å². The van der Waals surface area contributed by atoms with Crippen LogP contribution >= 0.6 is 27.5 Å². The molecule has 1 saturated heterocycles. The summed E-state index contributed by atoms with van der Waals surface area (Å²) >= 11 is 9.81. The molecule has 2 aromatic heterocycles. The topological polar surface area (TPSA) is 44.8 Å². The molecule has 0 spiro atoms. The van der Waals surface area contributed by atoms with Crippen LogP contribution in [0.2, 0.25) is 5.02 Å². The van der Waals surface area contributed by atoms with Gasteiger partial charge in [0.15, 0.2) is 0 Å². The van der Waals surface area contributed by atoms with E-state index in [1.165, 1.54) is 5.69 Å². The van der Waals surface area contributed by atoms with Gasteiger partial charge in [0.2, 0.25) is 0 Å². The van der Waals surface area contributed by atoms with E-state index in [9.17, 15) is 0 Å². The summed E-state index contributed by atoms with van der Waals surface area (Å²) in [4.78, 5) is 7.12. The van der Waals surface area contributed by atoms with Crippen LogP contribution in [0.1, 0.15) is 24.5 Å². The molecule has 118 valence electrons. The third kappa shape index (κ3) is 2.95. The molecule has 1 aliphatic heterocycles. The SMILES string of the molecule is Clc1cc(Br)cc2ccc(N3CCC(c4ccn[nH]4)CC3)nc12. The van der Waals surface area contributed by atoms with Crippen molar-refractivity contribution in [2.75, 3.05) is 18.0 Å². The molecule has 6 heteroatoms. The van der Waals surface area contributed by atoms with E-state index in [4.69, 9.17) is 16.6 Å². The summed E-state index contributed by atoms with van der Waals surface area (Å²) in [7, 11) is 0. The fraction of sp³-hybridized carbons (Fsp3) is 0.294. The summed E-state index contributed by atoms with van der Waals surface area (Å²) in [6, 6.07) is 10.2. The van der Waals surface area contributed by atoms with Gasteiger partial charge in [-0.15, -0.1) is 0 Å². The lowest BCUT2D eigenvalue weighted by Crippen LogP contribution is -2.33. The molecule has 4 rings (SSSR count).